The number of amides is 1. The molecule has 8 nitrogen and oxygen atoms in total. The van der Waals surface area contributed by atoms with Gasteiger partial charge in [-0.05, 0) is 31.4 Å². The van der Waals surface area contributed by atoms with Crippen molar-refractivity contribution in [3.63, 3.8) is 0 Å². The molecule has 1 saturated heterocycles. The number of hydrogen-bond donors (Lipinski definition) is 3. The number of nitrogens with two attached hydrogens (primary N) is 1. The van der Waals surface area contributed by atoms with Gasteiger partial charge < -0.3 is 16.0 Å². The van der Waals surface area contributed by atoms with E-state index in [9.17, 15) is 4.79 Å². The Labute approximate surface area is 157 Å². The zero-order valence-corrected chi connectivity index (χ0v) is 15.3. The van der Waals surface area contributed by atoms with Crippen LogP contribution in [-0.2, 0) is 0 Å². The van der Waals surface area contributed by atoms with Crippen molar-refractivity contribution in [2.75, 3.05) is 35.6 Å². The van der Waals surface area contributed by atoms with Crippen LogP contribution in [0.1, 0.15) is 42.2 Å². The van der Waals surface area contributed by atoms with Crippen LogP contribution in [0.2, 0.25) is 0 Å². The number of fused-ring (bicyclic) bond motifs is 1. The van der Waals surface area contributed by atoms with E-state index in [1.807, 2.05) is 25.1 Å². The largest absolute Gasteiger partial charge is 0.397 e. The van der Waals surface area contributed by atoms with Crippen molar-refractivity contribution in [3.05, 3.63) is 35.5 Å². The summed E-state index contributed by atoms with van der Waals surface area (Å²) in [5.41, 5.74) is 8.07. The van der Waals surface area contributed by atoms with Crippen molar-refractivity contribution in [2.24, 2.45) is 0 Å². The van der Waals surface area contributed by atoms with E-state index in [0.717, 1.165) is 32.4 Å². The van der Waals surface area contributed by atoms with Gasteiger partial charge in [-0.2, -0.15) is 4.98 Å². The van der Waals surface area contributed by atoms with Gasteiger partial charge in [0.1, 0.15) is 17.3 Å². The number of carbonyl (C=O) groups excluding carboxylic acids is 1. The fourth-order valence-electron chi connectivity index (χ4n) is 3.52. The Morgan fingerprint density at radius 2 is 1.96 bits per heavy atom. The molecule has 8 heteroatoms. The normalized spacial score (nSPS) is 16.2. The number of nitrogens with zero attached hydrogens (tertiary/aromatic N) is 4. The summed E-state index contributed by atoms with van der Waals surface area (Å²) in [6, 6.07) is 7.38. The first kappa shape index (κ1) is 17.3. The quantitative estimate of drug-likeness (QED) is 0.702. The second kappa shape index (κ2) is 6.86. The van der Waals surface area contributed by atoms with E-state index in [2.05, 4.69) is 20.2 Å². The molecule has 0 atom stereocenters. The maximum absolute atomic E-state index is 12.9. The molecule has 3 heterocycles. The highest BCUT2D eigenvalue weighted by Crippen LogP contribution is 2.33. The molecule has 0 bridgehead atoms. The van der Waals surface area contributed by atoms with Gasteiger partial charge in [-0.3, -0.25) is 15.1 Å². The molecule has 4 N–H and O–H groups in total. The first-order valence-corrected chi connectivity index (χ1v) is 9.29. The monoisotopic (exact) mass is 365 g/mol. The van der Waals surface area contributed by atoms with Crippen LogP contribution in [0.4, 0.5) is 23.1 Å². The van der Waals surface area contributed by atoms with Gasteiger partial charge in [-0.15, -0.1) is 0 Å². The zero-order valence-electron chi connectivity index (χ0n) is 15.3. The smallest absolute Gasteiger partial charge is 0.279 e. The van der Waals surface area contributed by atoms with Crippen LogP contribution in [-0.4, -0.2) is 46.2 Å². The molecule has 1 fully saturated rings. The molecule has 4 rings (SSSR count). The summed E-state index contributed by atoms with van der Waals surface area (Å²) in [6.07, 6.45) is 2.93. The van der Waals surface area contributed by atoms with Crippen molar-refractivity contribution in [2.45, 2.75) is 26.2 Å². The molecule has 2 aromatic rings. The van der Waals surface area contributed by atoms with Crippen LogP contribution < -0.4 is 16.0 Å². The van der Waals surface area contributed by atoms with Crippen LogP contribution in [0.15, 0.2) is 24.3 Å². The Balaban J connectivity index is 1.82. The number of aromatic nitrogens is 2. The highest BCUT2D eigenvalue weighted by molar-refractivity contribution is 6.23. The number of nitrogens with one attached hydrogen (secondary N) is 2. The standard InChI is InChI=1S/C19H23N7O/c1-2-9-26-16(21)14-15(18(26)27)23-19(25-10-5-6-11-25)24-17(14)22-13-8-4-3-7-12(13)20/h3-4,7-8,21H,2,5-6,9-11,20H2,1H3,(H,22,23,24). The third-order valence-corrected chi connectivity index (χ3v) is 4.90. The summed E-state index contributed by atoms with van der Waals surface area (Å²) in [4.78, 5) is 25.6. The van der Waals surface area contributed by atoms with Gasteiger partial charge >= 0.3 is 0 Å². The molecule has 140 valence electrons. The fourth-order valence-corrected chi connectivity index (χ4v) is 3.52. The lowest BCUT2D eigenvalue weighted by atomic mass is 10.2. The average molecular weight is 365 g/mol. The Morgan fingerprint density at radius 3 is 2.67 bits per heavy atom. The molecule has 1 aromatic carbocycles. The number of rotatable bonds is 5. The van der Waals surface area contributed by atoms with E-state index in [-0.39, 0.29) is 11.7 Å². The predicted octanol–water partition coefficient (Wildman–Crippen LogP) is 2.59. The zero-order chi connectivity index (χ0) is 19.0. The molecule has 2 aliphatic rings. The van der Waals surface area contributed by atoms with E-state index in [4.69, 9.17) is 11.1 Å². The maximum atomic E-state index is 12.9. The number of amidine groups is 1. The topological polar surface area (TPSA) is 111 Å². The number of carbonyl (C=O) groups is 1. The summed E-state index contributed by atoms with van der Waals surface area (Å²) in [7, 11) is 0. The van der Waals surface area contributed by atoms with Gasteiger partial charge in [-0.25, -0.2) is 4.98 Å². The third-order valence-electron chi connectivity index (χ3n) is 4.90. The lowest BCUT2D eigenvalue weighted by Gasteiger charge is -2.18. The van der Waals surface area contributed by atoms with Crippen molar-refractivity contribution in [1.29, 1.82) is 5.41 Å². The lowest BCUT2D eigenvalue weighted by Crippen LogP contribution is -2.30. The number of benzene rings is 1. The number of hydrogen-bond acceptors (Lipinski definition) is 7. The van der Waals surface area contributed by atoms with Gasteiger partial charge in [0.05, 0.1) is 16.9 Å². The first-order chi connectivity index (χ1) is 13.1. The lowest BCUT2D eigenvalue weighted by molar-refractivity contribution is 0.0854. The number of para-hydroxylation sites is 2. The Morgan fingerprint density at radius 1 is 1.22 bits per heavy atom. The minimum Gasteiger partial charge on any atom is -0.397 e. The van der Waals surface area contributed by atoms with E-state index in [1.54, 1.807) is 6.07 Å². The minimum absolute atomic E-state index is 0.141. The Kier molecular flexibility index (Phi) is 4.39. The summed E-state index contributed by atoms with van der Waals surface area (Å²) in [6.45, 7) is 4.21. The van der Waals surface area contributed by atoms with Crippen LogP contribution in [0, 0.1) is 5.41 Å². The predicted molar refractivity (Wildman–Crippen MR) is 106 cm³/mol. The Bertz CT molecular complexity index is 905. The fraction of sp³-hybridized carbons (Fsp3) is 0.368. The van der Waals surface area contributed by atoms with Gasteiger partial charge in [0, 0.05) is 19.6 Å². The molecule has 0 saturated carbocycles. The molecule has 27 heavy (non-hydrogen) atoms. The Hall–Kier alpha value is -3.16. The minimum atomic E-state index is -0.233. The highest BCUT2D eigenvalue weighted by Gasteiger charge is 2.38. The first-order valence-electron chi connectivity index (χ1n) is 9.29. The maximum Gasteiger partial charge on any atom is 0.279 e. The second-order valence-corrected chi connectivity index (χ2v) is 6.81. The van der Waals surface area contributed by atoms with Crippen LogP contribution in [0.25, 0.3) is 0 Å². The summed E-state index contributed by atoms with van der Waals surface area (Å²) < 4.78 is 0. The van der Waals surface area contributed by atoms with Crippen molar-refractivity contribution in [1.82, 2.24) is 14.9 Å². The van der Waals surface area contributed by atoms with E-state index in [1.165, 1.54) is 4.90 Å². The van der Waals surface area contributed by atoms with Gasteiger partial charge in [0.15, 0.2) is 0 Å². The average Bonchev–Trinajstić information content (AvgIpc) is 3.28. The van der Waals surface area contributed by atoms with Gasteiger partial charge in [0.2, 0.25) is 5.95 Å². The van der Waals surface area contributed by atoms with Crippen LogP contribution >= 0.6 is 0 Å². The molecule has 1 aromatic heterocycles. The second-order valence-electron chi connectivity index (χ2n) is 6.81. The molecular formula is C19H23N7O. The van der Waals surface area contributed by atoms with Crippen molar-refractivity contribution >= 4 is 34.9 Å². The summed E-state index contributed by atoms with van der Waals surface area (Å²) >= 11 is 0. The molecule has 0 radical (unpaired) electrons. The highest BCUT2D eigenvalue weighted by atomic mass is 16.2. The molecule has 0 aliphatic carbocycles. The van der Waals surface area contributed by atoms with E-state index in [0.29, 0.717) is 40.9 Å². The van der Waals surface area contributed by atoms with Crippen molar-refractivity contribution < 1.29 is 4.79 Å². The molecule has 0 spiro atoms. The number of nitrogen functional groups attached to an aromatic ring is 1. The molecular weight excluding hydrogens is 342 g/mol. The third kappa shape index (κ3) is 2.97. The summed E-state index contributed by atoms with van der Waals surface area (Å²) in [5, 5.41) is 11.7. The molecule has 2 aliphatic heterocycles. The molecule has 1 amide bonds. The van der Waals surface area contributed by atoms with E-state index < -0.39 is 0 Å². The van der Waals surface area contributed by atoms with Crippen LogP contribution in [0.3, 0.4) is 0 Å². The van der Waals surface area contributed by atoms with Crippen molar-refractivity contribution in [3.8, 4) is 0 Å². The SMILES string of the molecule is CCCN1C(=N)c2c(Nc3ccccc3N)nc(N3CCCC3)nc2C1=O. The van der Waals surface area contributed by atoms with Gasteiger partial charge in [0.25, 0.3) is 5.91 Å². The van der Waals surface area contributed by atoms with Gasteiger partial charge in [-0.1, -0.05) is 19.1 Å². The number of anilines is 4. The molecule has 0 unspecified atom stereocenters. The summed E-state index contributed by atoms with van der Waals surface area (Å²) in [5.74, 6) is 0.894. The van der Waals surface area contributed by atoms with Crippen LogP contribution in [0.5, 0.6) is 0 Å². The van der Waals surface area contributed by atoms with E-state index >= 15 is 0 Å².